The number of azide groups is 1. The van der Waals surface area contributed by atoms with Gasteiger partial charge in [0.25, 0.3) is 0 Å². The third-order valence-corrected chi connectivity index (χ3v) is 2.69. The lowest BCUT2D eigenvalue weighted by Gasteiger charge is -2.09. The molecule has 0 aromatic heterocycles. The van der Waals surface area contributed by atoms with Gasteiger partial charge in [-0.3, -0.25) is 0 Å². The van der Waals surface area contributed by atoms with E-state index in [1.165, 1.54) is 6.07 Å². The van der Waals surface area contributed by atoms with Gasteiger partial charge in [0.05, 0.1) is 0 Å². The highest BCUT2D eigenvalue weighted by Crippen LogP contribution is 2.30. The Bertz CT molecular complexity index is 582. The average molecular weight is 277 g/mol. The van der Waals surface area contributed by atoms with E-state index in [0.29, 0.717) is 11.1 Å². The first-order valence-electron chi connectivity index (χ1n) is 4.31. The monoisotopic (exact) mass is 277 g/mol. The zero-order valence-electron chi connectivity index (χ0n) is 8.66. The van der Waals surface area contributed by atoms with Gasteiger partial charge in [-0.1, -0.05) is 9.00 Å². The molecular weight excluding hydrogens is 269 g/mol. The van der Waals surface area contributed by atoms with E-state index in [1.807, 2.05) is 0 Å². The summed E-state index contributed by atoms with van der Waals surface area (Å²) in [5.41, 5.74) is 9.40. The molecule has 92 valence electrons. The molecule has 0 unspecified atom stereocenters. The molecule has 0 aliphatic carbocycles. The van der Waals surface area contributed by atoms with E-state index in [-0.39, 0.29) is 17.2 Å². The summed E-state index contributed by atoms with van der Waals surface area (Å²) >= 11 is 4.02. The van der Waals surface area contributed by atoms with E-state index in [0.717, 1.165) is 6.07 Å². The second-order valence-corrected chi connectivity index (χ2v) is 4.32. The van der Waals surface area contributed by atoms with Crippen LogP contribution in [0.25, 0.3) is 10.4 Å². The largest absolute Gasteiger partial charge is 0.488 e. The van der Waals surface area contributed by atoms with Crippen molar-refractivity contribution in [1.29, 1.82) is 0 Å². The Labute approximate surface area is 103 Å². The Balaban J connectivity index is 3.37. The average Bonchev–Trinajstić information content (AvgIpc) is 2.21. The summed E-state index contributed by atoms with van der Waals surface area (Å²) in [6, 6.07) is 2.65. The van der Waals surface area contributed by atoms with Gasteiger partial charge >= 0.3 is 10.5 Å². The molecule has 0 aliphatic heterocycles. The van der Waals surface area contributed by atoms with Gasteiger partial charge in [0, 0.05) is 16.4 Å². The highest BCUT2D eigenvalue weighted by atomic mass is 32.3. The number of hydrogen-bond donors (Lipinski definition) is 1. The van der Waals surface area contributed by atoms with Crippen LogP contribution in [0.2, 0.25) is 0 Å². The molecule has 0 aliphatic rings. The van der Waals surface area contributed by atoms with Gasteiger partial charge < -0.3 is 4.18 Å². The standard InChI is InChI=1S/C8H8FN3O3S2/c1-5-6(4-16)2-7(11-12-10)3-8(5)15-17(9,13)14/h2-3,16H,4H2,1H3. The Kier molecular flexibility index (Phi) is 4.22. The van der Waals surface area contributed by atoms with Crippen molar-refractivity contribution in [3.63, 3.8) is 0 Å². The van der Waals surface area contributed by atoms with Crippen molar-refractivity contribution in [1.82, 2.24) is 0 Å². The second-order valence-electron chi connectivity index (χ2n) is 3.05. The van der Waals surface area contributed by atoms with Gasteiger partial charge in [-0.05, 0) is 35.7 Å². The fourth-order valence-electron chi connectivity index (χ4n) is 1.20. The van der Waals surface area contributed by atoms with Gasteiger partial charge in [0.15, 0.2) is 0 Å². The quantitative estimate of drug-likeness (QED) is 0.301. The molecule has 0 saturated carbocycles. The number of hydrogen-bond acceptors (Lipinski definition) is 5. The van der Waals surface area contributed by atoms with E-state index < -0.39 is 10.5 Å². The molecule has 6 nitrogen and oxygen atoms in total. The number of nitrogens with zero attached hydrogens (tertiary/aromatic N) is 3. The molecule has 0 atom stereocenters. The third-order valence-electron chi connectivity index (χ3n) is 1.97. The summed E-state index contributed by atoms with van der Waals surface area (Å²) in [7, 11) is -5.12. The topological polar surface area (TPSA) is 92.1 Å². The first-order chi connectivity index (χ1) is 7.87. The van der Waals surface area contributed by atoms with E-state index >= 15 is 0 Å². The molecule has 1 aromatic carbocycles. The Hall–Kier alpha value is -1.44. The molecule has 0 amide bonds. The number of thiol groups is 1. The Morgan fingerprint density at radius 1 is 1.59 bits per heavy atom. The van der Waals surface area contributed by atoms with Crippen molar-refractivity contribution in [2.24, 2.45) is 5.11 Å². The first kappa shape index (κ1) is 13.6. The maximum absolute atomic E-state index is 12.4. The summed E-state index contributed by atoms with van der Waals surface area (Å²) < 4.78 is 37.4. The first-order valence-corrected chi connectivity index (χ1v) is 6.25. The zero-order chi connectivity index (χ0) is 13.1. The molecule has 0 bridgehead atoms. The van der Waals surface area contributed by atoms with E-state index in [9.17, 15) is 12.3 Å². The molecule has 0 heterocycles. The zero-order valence-corrected chi connectivity index (χ0v) is 10.4. The fraction of sp³-hybridized carbons (Fsp3) is 0.250. The molecule has 0 saturated heterocycles. The van der Waals surface area contributed by atoms with Crippen LogP contribution in [0.5, 0.6) is 5.75 Å². The lowest BCUT2D eigenvalue weighted by atomic mass is 10.1. The van der Waals surface area contributed by atoms with Crippen LogP contribution in [0.4, 0.5) is 9.57 Å². The number of benzene rings is 1. The van der Waals surface area contributed by atoms with Crippen molar-refractivity contribution in [2.45, 2.75) is 12.7 Å². The predicted molar refractivity (Wildman–Crippen MR) is 63.3 cm³/mol. The van der Waals surface area contributed by atoms with Crippen molar-refractivity contribution in [3.8, 4) is 5.75 Å². The highest BCUT2D eigenvalue weighted by Gasteiger charge is 2.14. The second kappa shape index (κ2) is 5.26. The van der Waals surface area contributed by atoms with Gasteiger partial charge in [-0.15, -0.1) is 0 Å². The van der Waals surface area contributed by atoms with Crippen LogP contribution >= 0.6 is 12.6 Å². The lowest BCUT2D eigenvalue weighted by molar-refractivity contribution is 0.438. The Morgan fingerprint density at radius 2 is 2.24 bits per heavy atom. The van der Waals surface area contributed by atoms with E-state index in [1.54, 1.807) is 6.92 Å². The van der Waals surface area contributed by atoms with Crippen LogP contribution < -0.4 is 4.18 Å². The van der Waals surface area contributed by atoms with Crippen LogP contribution in [-0.4, -0.2) is 8.42 Å². The summed E-state index contributed by atoms with van der Waals surface area (Å²) in [5.74, 6) is 0.0463. The van der Waals surface area contributed by atoms with Gasteiger partial charge in [0.1, 0.15) is 5.75 Å². The predicted octanol–water partition coefficient (Wildman–Crippen LogP) is 2.96. The summed E-state index contributed by atoms with van der Waals surface area (Å²) in [6.45, 7) is 1.55. The van der Waals surface area contributed by atoms with Crippen LogP contribution in [-0.2, 0) is 16.3 Å². The molecule has 1 rings (SSSR count). The molecule has 0 N–H and O–H groups in total. The van der Waals surface area contributed by atoms with Crippen molar-refractivity contribution < 1.29 is 16.5 Å². The smallest absolute Gasteiger partial charge is 0.358 e. The van der Waals surface area contributed by atoms with E-state index in [2.05, 4.69) is 26.8 Å². The SMILES string of the molecule is Cc1c(CS)cc(N=[N+]=[N-])cc1OS(=O)(=O)F. The maximum Gasteiger partial charge on any atom is 0.488 e. The number of halogens is 1. The minimum absolute atomic E-state index is 0.126. The van der Waals surface area contributed by atoms with Gasteiger partial charge in [0.2, 0.25) is 0 Å². The minimum Gasteiger partial charge on any atom is -0.358 e. The van der Waals surface area contributed by atoms with Crippen LogP contribution in [0.1, 0.15) is 11.1 Å². The van der Waals surface area contributed by atoms with Crippen LogP contribution in [0.3, 0.4) is 0 Å². The summed E-state index contributed by atoms with van der Waals surface area (Å²) in [6.07, 6.45) is 0. The summed E-state index contributed by atoms with van der Waals surface area (Å²) in [5, 5.41) is 3.30. The molecule has 0 fully saturated rings. The molecular formula is C8H8FN3O3S2. The Morgan fingerprint density at radius 3 is 2.71 bits per heavy atom. The van der Waals surface area contributed by atoms with Crippen LogP contribution in [0.15, 0.2) is 17.2 Å². The molecule has 0 spiro atoms. The molecule has 9 heteroatoms. The maximum atomic E-state index is 12.4. The van der Waals surface area contributed by atoms with E-state index in [4.69, 9.17) is 5.53 Å². The molecule has 17 heavy (non-hydrogen) atoms. The summed E-state index contributed by atoms with van der Waals surface area (Å²) in [4.78, 5) is 2.55. The fourth-order valence-corrected chi connectivity index (χ4v) is 1.91. The third kappa shape index (κ3) is 3.81. The van der Waals surface area contributed by atoms with Gasteiger partial charge in [-0.2, -0.15) is 21.0 Å². The van der Waals surface area contributed by atoms with Crippen molar-refractivity contribution >= 4 is 28.8 Å². The van der Waals surface area contributed by atoms with Crippen LogP contribution in [0, 0.1) is 6.92 Å². The van der Waals surface area contributed by atoms with Crippen molar-refractivity contribution in [3.05, 3.63) is 33.7 Å². The molecule has 0 radical (unpaired) electrons. The van der Waals surface area contributed by atoms with Gasteiger partial charge in [-0.25, -0.2) is 0 Å². The normalized spacial score (nSPS) is 10.8. The lowest BCUT2D eigenvalue weighted by Crippen LogP contribution is -2.03. The number of rotatable bonds is 4. The molecule has 1 aromatic rings. The minimum atomic E-state index is -5.12. The van der Waals surface area contributed by atoms with Crippen molar-refractivity contribution in [2.75, 3.05) is 0 Å². The highest BCUT2D eigenvalue weighted by molar-refractivity contribution is 7.81.